The van der Waals surface area contributed by atoms with Crippen molar-refractivity contribution in [2.24, 2.45) is 5.92 Å². The van der Waals surface area contributed by atoms with Gasteiger partial charge < -0.3 is 15.4 Å². The Morgan fingerprint density at radius 1 is 1.53 bits per heavy atom. The number of amides is 1. The maximum atomic E-state index is 11.7. The molecule has 1 aliphatic rings. The van der Waals surface area contributed by atoms with Crippen LogP contribution in [0.25, 0.3) is 0 Å². The number of carbonyl (C=O) groups is 1. The third kappa shape index (κ3) is 2.77. The van der Waals surface area contributed by atoms with Crippen LogP contribution in [0.4, 0.5) is 5.69 Å². The standard InChI is InChI=1S/C13H18N2O2/c1-9-8-17-12-4-3-10(5-6-14-2)7-11(12)15-13(9)16/h3-4,7,9,14H,5-6,8H2,1-2H3,(H,15,16). The van der Waals surface area contributed by atoms with Crippen LogP contribution in [-0.2, 0) is 11.2 Å². The molecular weight excluding hydrogens is 216 g/mol. The van der Waals surface area contributed by atoms with Gasteiger partial charge >= 0.3 is 0 Å². The fourth-order valence-corrected chi connectivity index (χ4v) is 1.77. The van der Waals surface area contributed by atoms with Crippen molar-refractivity contribution in [3.63, 3.8) is 0 Å². The molecule has 0 spiro atoms. The summed E-state index contributed by atoms with van der Waals surface area (Å²) in [6.45, 7) is 3.22. The van der Waals surface area contributed by atoms with Crippen LogP contribution in [0.2, 0.25) is 0 Å². The molecule has 1 unspecified atom stereocenters. The minimum absolute atomic E-state index is 0.0227. The molecule has 0 aliphatic carbocycles. The Hall–Kier alpha value is -1.55. The summed E-state index contributed by atoms with van der Waals surface area (Å²) < 4.78 is 5.59. The Kier molecular flexibility index (Phi) is 3.64. The number of ether oxygens (including phenoxy) is 1. The number of hydrogen-bond donors (Lipinski definition) is 2. The van der Waals surface area contributed by atoms with E-state index >= 15 is 0 Å². The molecule has 2 rings (SSSR count). The minimum atomic E-state index is -0.108. The Balaban J connectivity index is 2.20. The molecule has 1 aromatic rings. The van der Waals surface area contributed by atoms with Crippen molar-refractivity contribution in [1.82, 2.24) is 5.32 Å². The summed E-state index contributed by atoms with van der Waals surface area (Å²) in [6, 6.07) is 5.96. The number of likely N-dealkylation sites (N-methyl/N-ethyl adjacent to an activating group) is 1. The summed E-state index contributed by atoms with van der Waals surface area (Å²) in [5.41, 5.74) is 1.98. The second-order valence-electron chi connectivity index (χ2n) is 4.39. The van der Waals surface area contributed by atoms with Gasteiger partial charge in [-0.3, -0.25) is 4.79 Å². The van der Waals surface area contributed by atoms with E-state index < -0.39 is 0 Å². The predicted octanol–water partition coefficient (Wildman–Crippen LogP) is 1.42. The molecule has 1 aromatic carbocycles. The number of benzene rings is 1. The molecule has 0 radical (unpaired) electrons. The molecule has 0 saturated heterocycles. The Bertz CT molecular complexity index is 418. The summed E-state index contributed by atoms with van der Waals surface area (Å²) in [4.78, 5) is 11.7. The Labute approximate surface area is 101 Å². The molecule has 4 heteroatoms. The lowest BCUT2D eigenvalue weighted by Gasteiger charge is -2.09. The van der Waals surface area contributed by atoms with Gasteiger partial charge in [-0.15, -0.1) is 0 Å². The first-order chi connectivity index (χ1) is 8.20. The highest BCUT2D eigenvalue weighted by atomic mass is 16.5. The van der Waals surface area contributed by atoms with E-state index in [9.17, 15) is 4.79 Å². The zero-order valence-electron chi connectivity index (χ0n) is 10.2. The van der Waals surface area contributed by atoms with Crippen molar-refractivity contribution < 1.29 is 9.53 Å². The number of nitrogens with one attached hydrogen (secondary N) is 2. The number of anilines is 1. The summed E-state index contributed by atoms with van der Waals surface area (Å²) >= 11 is 0. The van der Waals surface area contributed by atoms with Crippen LogP contribution in [0.15, 0.2) is 18.2 Å². The fraction of sp³-hybridized carbons (Fsp3) is 0.462. The summed E-state index contributed by atoms with van der Waals surface area (Å²) in [5, 5.41) is 6.01. The lowest BCUT2D eigenvalue weighted by Crippen LogP contribution is -2.22. The summed E-state index contributed by atoms with van der Waals surface area (Å²) in [7, 11) is 1.93. The predicted molar refractivity (Wildman–Crippen MR) is 67.4 cm³/mol. The van der Waals surface area contributed by atoms with Crippen LogP contribution in [0.5, 0.6) is 5.75 Å². The average molecular weight is 234 g/mol. The van der Waals surface area contributed by atoms with Crippen LogP contribution >= 0.6 is 0 Å². The summed E-state index contributed by atoms with van der Waals surface area (Å²) in [5.74, 6) is 0.675. The van der Waals surface area contributed by atoms with E-state index in [1.807, 2.05) is 32.2 Å². The van der Waals surface area contributed by atoms with Gasteiger partial charge in [0.2, 0.25) is 5.91 Å². The van der Waals surface area contributed by atoms with Gasteiger partial charge in [-0.2, -0.15) is 0 Å². The Morgan fingerprint density at radius 2 is 2.35 bits per heavy atom. The molecule has 0 fully saturated rings. The Morgan fingerprint density at radius 3 is 3.12 bits per heavy atom. The molecule has 1 aliphatic heterocycles. The number of rotatable bonds is 3. The highest BCUT2D eigenvalue weighted by molar-refractivity contribution is 5.94. The topological polar surface area (TPSA) is 50.4 Å². The number of fused-ring (bicyclic) bond motifs is 1. The average Bonchev–Trinajstić information content (AvgIpc) is 2.47. The van der Waals surface area contributed by atoms with Crippen LogP contribution in [0.3, 0.4) is 0 Å². The van der Waals surface area contributed by atoms with Gasteiger partial charge in [-0.05, 0) is 37.7 Å². The van der Waals surface area contributed by atoms with Gasteiger partial charge in [-0.25, -0.2) is 0 Å². The highest BCUT2D eigenvalue weighted by Gasteiger charge is 2.20. The van der Waals surface area contributed by atoms with Crippen molar-refractivity contribution in [2.45, 2.75) is 13.3 Å². The largest absolute Gasteiger partial charge is 0.491 e. The molecule has 1 heterocycles. The highest BCUT2D eigenvalue weighted by Crippen LogP contribution is 2.29. The van der Waals surface area contributed by atoms with Gasteiger partial charge in [0.05, 0.1) is 18.2 Å². The van der Waals surface area contributed by atoms with E-state index in [-0.39, 0.29) is 11.8 Å². The number of hydrogen-bond acceptors (Lipinski definition) is 3. The zero-order valence-corrected chi connectivity index (χ0v) is 10.2. The van der Waals surface area contributed by atoms with E-state index in [2.05, 4.69) is 10.6 Å². The summed E-state index contributed by atoms with van der Waals surface area (Å²) in [6.07, 6.45) is 0.940. The van der Waals surface area contributed by atoms with Crippen molar-refractivity contribution in [1.29, 1.82) is 0 Å². The van der Waals surface area contributed by atoms with E-state index in [0.717, 1.165) is 24.4 Å². The number of carbonyl (C=O) groups excluding carboxylic acids is 1. The van der Waals surface area contributed by atoms with Crippen LogP contribution in [-0.4, -0.2) is 26.1 Å². The second kappa shape index (κ2) is 5.19. The van der Waals surface area contributed by atoms with Crippen molar-refractivity contribution in [3.05, 3.63) is 23.8 Å². The first kappa shape index (κ1) is 11.9. The van der Waals surface area contributed by atoms with Crippen LogP contribution in [0.1, 0.15) is 12.5 Å². The third-order valence-corrected chi connectivity index (χ3v) is 2.90. The molecule has 17 heavy (non-hydrogen) atoms. The maximum Gasteiger partial charge on any atom is 0.230 e. The van der Waals surface area contributed by atoms with Crippen molar-refractivity contribution in [3.8, 4) is 5.75 Å². The molecule has 0 aromatic heterocycles. The van der Waals surface area contributed by atoms with E-state index in [0.29, 0.717) is 6.61 Å². The molecule has 1 atom stereocenters. The molecule has 0 bridgehead atoms. The minimum Gasteiger partial charge on any atom is -0.491 e. The third-order valence-electron chi connectivity index (χ3n) is 2.90. The molecule has 0 saturated carbocycles. The first-order valence-electron chi connectivity index (χ1n) is 5.92. The van der Waals surface area contributed by atoms with E-state index in [1.165, 1.54) is 5.56 Å². The normalized spacial score (nSPS) is 18.9. The van der Waals surface area contributed by atoms with Gasteiger partial charge in [0.25, 0.3) is 0 Å². The van der Waals surface area contributed by atoms with Gasteiger partial charge in [0.15, 0.2) is 0 Å². The quantitative estimate of drug-likeness (QED) is 0.831. The maximum absolute atomic E-state index is 11.7. The molecule has 1 amide bonds. The van der Waals surface area contributed by atoms with E-state index in [4.69, 9.17) is 4.74 Å². The van der Waals surface area contributed by atoms with Gasteiger partial charge in [0.1, 0.15) is 5.75 Å². The first-order valence-corrected chi connectivity index (χ1v) is 5.92. The molecular formula is C13H18N2O2. The van der Waals surface area contributed by atoms with Crippen LogP contribution < -0.4 is 15.4 Å². The van der Waals surface area contributed by atoms with Crippen molar-refractivity contribution in [2.75, 3.05) is 25.5 Å². The fourth-order valence-electron chi connectivity index (χ4n) is 1.77. The van der Waals surface area contributed by atoms with Crippen molar-refractivity contribution >= 4 is 11.6 Å². The second-order valence-corrected chi connectivity index (χ2v) is 4.39. The lowest BCUT2D eigenvalue weighted by molar-refractivity contribution is -0.119. The van der Waals surface area contributed by atoms with E-state index in [1.54, 1.807) is 0 Å². The monoisotopic (exact) mass is 234 g/mol. The van der Waals surface area contributed by atoms with Crippen LogP contribution in [0, 0.1) is 5.92 Å². The van der Waals surface area contributed by atoms with Gasteiger partial charge in [0, 0.05) is 0 Å². The van der Waals surface area contributed by atoms with Gasteiger partial charge in [-0.1, -0.05) is 13.0 Å². The zero-order chi connectivity index (χ0) is 12.3. The SMILES string of the molecule is CNCCc1ccc2c(c1)NC(=O)C(C)CO2. The molecule has 4 nitrogen and oxygen atoms in total. The molecule has 92 valence electrons. The molecule has 2 N–H and O–H groups in total. The smallest absolute Gasteiger partial charge is 0.230 e. The lowest BCUT2D eigenvalue weighted by atomic mass is 10.1.